The summed E-state index contributed by atoms with van der Waals surface area (Å²) in [4.78, 5) is 11.2. The molecule has 3 nitrogen and oxygen atoms in total. The molecule has 0 amide bonds. The minimum atomic E-state index is 0.431. The first kappa shape index (κ1) is 12.8. The SMILES string of the molecule is CCn1nc(C)c(Br)c1CC1CCC(=O)CC1. The summed E-state index contributed by atoms with van der Waals surface area (Å²) in [5, 5.41) is 4.51. The van der Waals surface area contributed by atoms with E-state index in [2.05, 4.69) is 32.6 Å². The van der Waals surface area contributed by atoms with Crippen LogP contribution in [-0.2, 0) is 17.8 Å². The van der Waals surface area contributed by atoms with Gasteiger partial charge in [0.15, 0.2) is 0 Å². The second-order valence-corrected chi connectivity index (χ2v) is 5.64. The topological polar surface area (TPSA) is 34.9 Å². The molecule has 1 aromatic rings. The molecule has 0 saturated heterocycles. The summed E-state index contributed by atoms with van der Waals surface area (Å²) in [5.41, 5.74) is 2.36. The van der Waals surface area contributed by atoms with Crippen LogP contribution >= 0.6 is 15.9 Å². The molecular formula is C13H19BrN2O. The van der Waals surface area contributed by atoms with Crippen LogP contribution in [0.4, 0.5) is 0 Å². The highest BCUT2D eigenvalue weighted by Crippen LogP contribution is 2.29. The van der Waals surface area contributed by atoms with Crippen LogP contribution < -0.4 is 0 Å². The number of halogens is 1. The Morgan fingerprint density at radius 1 is 1.41 bits per heavy atom. The molecule has 0 bridgehead atoms. The highest BCUT2D eigenvalue weighted by Gasteiger charge is 2.22. The number of rotatable bonds is 3. The van der Waals surface area contributed by atoms with Gasteiger partial charge < -0.3 is 0 Å². The van der Waals surface area contributed by atoms with Crippen molar-refractivity contribution in [3.8, 4) is 0 Å². The molecule has 1 heterocycles. The van der Waals surface area contributed by atoms with Crippen LogP contribution in [0.2, 0.25) is 0 Å². The van der Waals surface area contributed by atoms with Crippen LogP contribution in [0.3, 0.4) is 0 Å². The first-order valence-electron chi connectivity index (χ1n) is 6.35. The standard InChI is InChI=1S/C13H19BrN2O/c1-3-16-12(13(14)9(2)15-16)8-10-4-6-11(17)7-5-10/h10H,3-8H2,1-2H3. The van der Waals surface area contributed by atoms with Crippen molar-refractivity contribution in [1.82, 2.24) is 9.78 Å². The van der Waals surface area contributed by atoms with Crippen molar-refractivity contribution in [1.29, 1.82) is 0 Å². The van der Waals surface area contributed by atoms with Gasteiger partial charge >= 0.3 is 0 Å². The van der Waals surface area contributed by atoms with E-state index in [0.29, 0.717) is 11.7 Å². The van der Waals surface area contributed by atoms with Crippen molar-refractivity contribution >= 4 is 21.7 Å². The second-order valence-electron chi connectivity index (χ2n) is 4.85. The quantitative estimate of drug-likeness (QED) is 0.858. The van der Waals surface area contributed by atoms with Gasteiger partial charge in [0.25, 0.3) is 0 Å². The van der Waals surface area contributed by atoms with E-state index in [1.54, 1.807) is 0 Å². The first-order chi connectivity index (χ1) is 8.11. The Balaban J connectivity index is 2.10. The van der Waals surface area contributed by atoms with Crippen LogP contribution in [0.15, 0.2) is 4.47 Å². The molecule has 17 heavy (non-hydrogen) atoms. The van der Waals surface area contributed by atoms with Crippen molar-refractivity contribution < 1.29 is 4.79 Å². The number of nitrogens with zero attached hydrogens (tertiary/aromatic N) is 2. The molecule has 1 aromatic heterocycles. The van der Waals surface area contributed by atoms with Gasteiger partial charge in [-0.25, -0.2) is 0 Å². The Labute approximate surface area is 111 Å². The fourth-order valence-electron chi connectivity index (χ4n) is 2.54. The number of Topliss-reactive ketones (excluding diaryl/α,β-unsaturated/α-hetero) is 1. The van der Waals surface area contributed by atoms with Crippen molar-refractivity contribution in [2.24, 2.45) is 5.92 Å². The molecule has 1 aliphatic carbocycles. The predicted octanol–water partition coefficient (Wildman–Crippen LogP) is 3.28. The van der Waals surface area contributed by atoms with E-state index < -0.39 is 0 Å². The van der Waals surface area contributed by atoms with Crippen LogP contribution in [0.1, 0.15) is 44.0 Å². The van der Waals surface area contributed by atoms with Crippen LogP contribution in [-0.4, -0.2) is 15.6 Å². The van der Waals surface area contributed by atoms with Gasteiger partial charge in [0.1, 0.15) is 5.78 Å². The normalized spacial score (nSPS) is 17.7. The summed E-state index contributed by atoms with van der Waals surface area (Å²) in [5.74, 6) is 1.07. The molecule has 1 aliphatic rings. The van der Waals surface area contributed by atoms with Gasteiger partial charge in [-0.1, -0.05) is 0 Å². The van der Waals surface area contributed by atoms with Gasteiger partial charge in [-0.2, -0.15) is 5.10 Å². The third kappa shape index (κ3) is 2.79. The molecule has 0 aromatic carbocycles. The molecule has 1 fully saturated rings. The lowest BCUT2D eigenvalue weighted by Gasteiger charge is -2.21. The lowest BCUT2D eigenvalue weighted by atomic mass is 9.85. The molecule has 0 radical (unpaired) electrons. The van der Waals surface area contributed by atoms with Crippen molar-refractivity contribution in [2.45, 2.75) is 52.5 Å². The number of carbonyl (C=O) groups excluding carboxylic acids is 1. The maximum absolute atomic E-state index is 11.2. The van der Waals surface area contributed by atoms with Gasteiger partial charge in [-0.15, -0.1) is 0 Å². The predicted molar refractivity (Wildman–Crippen MR) is 71.0 cm³/mol. The number of hydrogen-bond acceptors (Lipinski definition) is 2. The number of hydrogen-bond donors (Lipinski definition) is 0. The zero-order valence-corrected chi connectivity index (χ0v) is 12.1. The molecule has 0 unspecified atom stereocenters. The number of aryl methyl sites for hydroxylation is 2. The number of carbonyl (C=O) groups is 1. The van der Waals surface area contributed by atoms with Gasteiger partial charge in [0, 0.05) is 19.4 Å². The lowest BCUT2D eigenvalue weighted by Crippen LogP contribution is -2.17. The van der Waals surface area contributed by atoms with Gasteiger partial charge in [0.05, 0.1) is 15.9 Å². The average molecular weight is 299 g/mol. The van der Waals surface area contributed by atoms with E-state index in [1.165, 1.54) is 5.69 Å². The van der Waals surface area contributed by atoms with Crippen molar-refractivity contribution in [2.75, 3.05) is 0 Å². The van der Waals surface area contributed by atoms with E-state index in [-0.39, 0.29) is 0 Å². The molecule has 94 valence electrons. The van der Waals surface area contributed by atoms with E-state index in [1.807, 2.05) is 6.92 Å². The molecular weight excluding hydrogens is 280 g/mol. The Hall–Kier alpha value is -0.640. The van der Waals surface area contributed by atoms with Crippen LogP contribution in [0.25, 0.3) is 0 Å². The molecule has 4 heteroatoms. The Morgan fingerprint density at radius 3 is 2.65 bits per heavy atom. The van der Waals surface area contributed by atoms with Gasteiger partial charge in [0.2, 0.25) is 0 Å². The monoisotopic (exact) mass is 298 g/mol. The smallest absolute Gasteiger partial charge is 0.132 e. The Kier molecular flexibility index (Phi) is 4.02. The molecule has 0 atom stereocenters. The average Bonchev–Trinajstić information content (AvgIpc) is 2.59. The zero-order valence-electron chi connectivity index (χ0n) is 10.5. The van der Waals surface area contributed by atoms with Gasteiger partial charge in [-0.05, 0) is 55.0 Å². The van der Waals surface area contributed by atoms with Crippen molar-refractivity contribution in [3.05, 3.63) is 15.9 Å². The van der Waals surface area contributed by atoms with Crippen LogP contribution in [0, 0.1) is 12.8 Å². The summed E-state index contributed by atoms with van der Waals surface area (Å²) in [6.45, 7) is 5.06. The molecule has 1 saturated carbocycles. The molecule has 0 N–H and O–H groups in total. The molecule has 2 rings (SSSR count). The van der Waals surface area contributed by atoms with E-state index >= 15 is 0 Å². The maximum Gasteiger partial charge on any atom is 0.132 e. The lowest BCUT2D eigenvalue weighted by molar-refractivity contribution is -0.121. The fourth-order valence-corrected chi connectivity index (χ4v) is 2.99. The minimum Gasteiger partial charge on any atom is -0.300 e. The zero-order chi connectivity index (χ0) is 12.4. The number of ketones is 1. The third-order valence-electron chi connectivity index (χ3n) is 3.60. The summed E-state index contributed by atoms with van der Waals surface area (Å²) >= 11 is 3.63. The van der Waals surface area contributed by atoms with Crippen molar-refractivity contribution in [3.63, 3.8) is 0 Å². The van der Waals surface area contributed by atoms with Crippen LogP contribution in [0.5, 0.6) is 0 Å². The fraction of sp³-hybridized carbons (Fsp3) is 0.692. The Morgan fingerprint density at radius 2 is 2.06 bits per heavy atom. The second kappa shape index (κ2) is 5.34. The Bertz CT molecular complexity index is 415. The third-order valence-corrected chi connectivity index (χ3v) is 4.63. The van der Waals surface area contributed by atoms with E-state index in [4.69, 9.17) is 0 Å². The number of aromatic nitrogens is 2. The maximum atomic E-state index is 11.2. The van der Waals surface area contributed by atoms with E-state index in [0.717, 1.165) is 48.8 Å². The minimum absolute atomic E-state index is 0.431. The highest BCUT2D eigenvalue weighted by atomic mass is 79.9. The van der Waals surface area contributed by atoms with Gasteiger partial charge in [-0.3, -0.25) is 9.48 Å². The largest absolute Gasteiger partial charge is 0.300 e. The molecule has 0 aliphatic heterocycles. The highest BCUT2D eigenvalue weighted by molar-refractivity contribution is 9.10. The molecule has 0 spiro atoms. The summed E-state index contributed by atoms with van der Waals surface area (Å²) < 4.78 is 3.23. The van der Waals surface area contributed by atoms with E-state index in [9.17, 15) is 4.79 Å². The summed E-state index contributed by atoms with van der Waals surface area (Å²) in [6, 6.07) is 0. The summed E-state index contributed by atoms with van der Waals surface area (Å²) in [7, 11) is 0. The summed E-state index contributed by atoms with van der Waals surface area (Å²) in [6.07, 6.45) is 4.66. The first-order valence-corrected chi connectivity index (χ1v) is 7.14.